The second-order valence-corrected chi connectivity index (χ2v) is 9.70. The van der Waals surface area contributed by atoms with Crippen LogP contribution in [0.1, 0.15) is 38.3 Å². The highest BCUT2D eigenvalue weighted by Crippen LogP contribution is 2.40. The maximum Gasteiger partial charge on any atom is 0.264 e. The van der Waals surface area contributed by atoms with Gasteiger partial charge in [0.05, 0.1) is 21.3 Å². The lowest BCUT2D eigenvalue weighted by atomic mass is 9.98. The molecule has 0 aliphatic carbocycles. The summed E-state index contributed by atoms with van der Waals surface area (Å²) in [6, 6.07) is 6.74. The van der Waals surface area contributed by atoms with Crippen molar-refractivity contribution in [2.45, 2.75) is 57.3 Å². The first-order valence-corrected chi connectivity index (χ1v) is 12.0. The van der Waals surface area contributed by atoms with E-state index in [1.165, 1.54) is 0 Å². The van der Waals surface area contributed by atoms with Crippen molar-refractivity contribution in [1.82, 2.24) is 24.3 Å². The fourth-order valence-electron chi connectivity index (χ4n) is 5.87. The summed E-state index contributed by atoms with van der Waals surface area (Å²) in [6.45, 7) is 2.49. The van der Waals surface area contributed by atoms with Crippen LogP contribution >= 0.6 is 11.6 Å². The summed E-state index contributed by atoms with van der Waals surface area (Å²) in [5.41, 5.74) is 9.04. The molecule has 10 heteroatoms. The zero-order valence-corrected chi connectivity index (χ0v) is 19.8. The van der Waals surface area contributed by atoms with Crippen molar-refractivity contribution in [2.75, 3.05) is 4.90 Å². The molecule has 2 bridgehead atoms. The Morgan fingerprint density at radius 2 is 1.97 bits per heavy atom. The van der Waals surface area contributed by atoms with Gasteiger partial charge in [0.1, 0.15) is 17.4 Å². The Bertz CT molecular complexity index is 1540. The number of nitrogens with one attached hydrogen (secondary N) is 1. The molecule has 3 N–H and O–H groups in total. The number of rotatable bonds is 3. The van der Waals surface area contributed by atoms with Gasteiger partial charge in [0.15, 0.2) is 0 Å². The third-order valence-corrected chi connectivity index (χ3v) is 7.82. The Morgan fingerprint density at radius 1 is 1.24 bits per heavy atom. The normalized spacial score (nSPS) is 22.1. The van der Waals surface area contributed by atoms with E-state index in [1.807, 2.05) is 19.1 Å². The van der Waals surface area contributed by atoms with E-state index in [9.17, 15) is 10.1 Å². The molecule has 0 spiro atoms. The third-order valence-electron chi connectivity index (χ3n) is 7.43. The van der Waals surface area contributed by atoms with Crippen molar-refractivity contribution < 1.29 is 0 Å². The van der Waals surface area contributed by atoms with Gasteiger partial charge in [-0.05, 0) is 38.7 Å². The van der Waals surface area contributed by atoms with Crippen LogP contribution in [0.15, 0.2) is 23.1 Å². The molecule has 9 nitrogen and oxygen atoms in total. The van der Waals surface area contributed by atoms with Crippen LogP contribution < -0.4 is 16.2 Å². The van der Waals surface area contributed by atoms with Crippen LogP contribution in [-0.4, -0.2) is 42.4 Å². The lowest BCUT2D eigenvalue weighted by molar-refractivity contribution is 0.405. The van der Waals surface area contributed by atoms with Gasteiger partial charge >= 0.3 is 0 Å². The minimum atomic E-state index is -0.133. The average Bonchev–Trinajstić information content (AvgIpc) is 3.48. The number of aromatic amines is 1. The van der Waals surface area contributed by atoms with Crippen molar-refractivity contribution in [3.63, 3.8) is 0 Å². The minimum Gasteiger partial charge on any atom is -0.345 e. The predicted octanol–water partition coefficient (Wildman–Crippen LogP) is 3.28. The van der Waals surface area contributed by atoms with E-state index in [1.54, 1.807) is 22.5 Å². The van der Waals surface area contributed by atoms with Gasteiger partial charge in [0.25, 0.3) is 5.56 Å². The summed E-state index contributed by atoms with van der Waals surface area (Å²) in [4.78, 5) is 24.0. The molecule has 34 heavy (non-hydrogen) atoms. The Morgan fingerprint density at radius 3 is 2.65 bits per heavy atom. The van der Waals surface area contributed by atoms with Gasteiger partial charge in [-0.3, -0.25) is 14.0 Å². The fourth-order valence-corrected chi connectivity index (χ4v) is 6.22. The number of nitrogens with two attached hydrogens (primary N) is 1. The van der Waals surface area contributed by atoms with E-state index >= 15 is 0 Å². The zero-order valence-electron chi connectivity index (χ0n) is 19.0. The monoisotopic (exact) mass is 476 g/mol. The van der Waals surface area contributed by atoms with Gasteiger partial charge in [-0.1, -0.05) is 17.7 Å². The van der Waals surface area contributed by atoms with E-state index in [0.717, 1.165) is 25.7 Å². The Balaban J connectivity index is 1.53. The van der Waals surface area contributed by atoms with E-state index < -0.39 is 0 Å². The smallest absolute Gasteiger partial charge is 0.264 e. The molecular weight excluding hydrogens is 452 g/mol. The molecule has 3 aromatic heterocycles. The molecule has 2 fully saturated rings. The fraction of sp³-hybridized carbons (Fsp3) is 0.417. The molecule has 2 unspecified atom stereocenters. The summed E-state index contributed by atoms with van der Waals surface area (Å²) >= 11 is 6.83. The lowest BCUT2D eigenvalue weighted by Crippen LogP contribution is -2.49. The number of fused-ring (bicyclic) bond motifs is 4. The summed E-state index contributed by atoms with van der Waals surface area (Å²) in [5.74, 6) is 0.683. The average molecular weight is 477 g/mol. The number of nitriles is 1. The second-order valence-electron chi connectivity index (χ2n) is 9.32. The Labute approximate surface area is 200 Å². The van der Waals surface area contributed by atoms with Crippen LogP contribution in [0.4, 0.5) is 5.95 Å². The molecule has 2 saturated heterocycles. The summed E-state index contributed by atoms with van der Waals surface area (Å²) in [7, 11) is 1.78. The van der Waals surface area contributed by atoms with Gasteiger partial charge in [-0.15, -0.1) is 0 Å². The van der Waals surface area contributed by atoms with Crippen molar-refractivity contribution in [1.29, 1.82) is 5.26 Å². The molecule has 6 rings (SSSR count). The van der Waals surface area contributed by atoms with E-state index in [2.05, 4.69) is 21.1 Å². The molecule has 0 saturated carbocycles. The highest BCUT2D eigenvalue weighted by Gasteiger charge is 2.41. The van der Waals surface area contributed by atoms with Crippen LogP contribution in [0, 0.1) is 11.3 Å². The first-order chi connectivity index (χ1) is 16.4. The topological polar surface area (TPSA) is 122 Å². The molecule has 5 heterocycles. The molecule has 1 aromatic carbocycles. The number of benzene rings is 1. The molecule has 0 radical (unpaired) electrons. The standard InChI is InChI=1S/C24H25ClN8O/c1-3-32-18(10-26)20-17(30-32)7-6-15(21(20)25)16-11-28-22-19(16)23(34)31(2)24(29-22)33-13-4-5-14(33)9-12(27)8-13/h6-7,11-14,28H,3-5,8-9,27H2,1-2H3. The number of hydrogen-bond donors (Lipinski definition) is 2. The van der Waals surface area contributed by atoms with E-state index in [0.29, 0.717) is 68.4 Å². The van der Waals surface area contributed by atoms with Crippen LogP contribution in [-0.2, 0) is 13.6 Å². The molecule has 4 aromatic rings. The summed E-state index contributed by atoms with van der Waals surface area (Å²) < 4.78 is 3.28. The quantitative estimate of drug-likeness (QED) is 0.468. The van der Waals surface area contributed by atoms with E-state index in [4.69, 9.17) is 22.3 Å². The van der Waals surface area contributed by atoms with Gasteiger partial charge in [-0.2, -0.15) is 15.3 Å². The third kappa shape index (κ3) is 2.85. The van der Waals surface area contributed by atoms with Crippen LogP contribution in [0.5, 0.6) is 0 Å². The van der Waals surface area contributed by atoms with Crippen LogP contribution in [0.25, 0.3) is 33.1 Å². The highest BCUT2D eigenvalue weighted by atomic mass is 35.5. The van der Waals surface area contributed by atoms with Crippen molar-refractivity contribution in [3.8, 4) is 17.2 Å². The second kappa shape index (κ2) is 7.58. The molecule has 174 valence electrons. The lowest BCUT2D eigenvalue weighted by Gasteiger charge is -2.38. The largest absolute Gasteiger partial charge is 0.345 e. The summed E-state index contributed by atoms with van der Waals surface area (Å²) in [6.07, 6.45) is 5.76. The number of aromatic nitrogens is 5. The number of piperidine rings is 1. The first-order valence-electron chi connectivity index (χ1n) is 11.6. The number of aryl methyl sites for hydroxylation is 1. The van der Waals surface area contributed by atoms with Gasteiger partial charge in [0.2, 0.25) is 5.95 Å². The maximum atomic E-state index is 13.6. The van der Waals surface area contributed by atoms with Gasteiger partial charge in [0, 0.05) is 49.0 Å². The SMILES string of the molecule is CCn1nc2ccc(-c3c[nH]c4nc(N5C6CCC5CC(N)C6)n(C)c(=O)c34)c(Cl)c2c1C#N. The van der Waals surface area contributed by atoms with Gasteiger partial charge in [-0.25, -0.2) is 0 Å². The molecule has 2 aliphatic heterocycles. The Kier molecular flexibility index (Phi) is 4.73. The van der Waals surface area contributed by atoms with Gasteiger partial charge < -0.3 is 15.6 Å². The number of anilines is 1. The van der Waals surface area contributed by atoms with Crippen molar-refractivity contribution in [2.24, 2.45) is 12.8 Å². The predicted molar refractivity (Wildman–Crippen MR) is 132 cm³/mol. The number of H-pyrrole nitrogens is 1. The van der Waals surface area contributed by atoms with E-state index in [-0.39, 0.29) is 11.6 Å². The highest BCUT2D eigenvalue weighted by molar-refractivity contribution is 6.39. The number of nitrogens with zero attached hydrogens (tertiary/aromatic N) is 6. The molecular formula is C24H25ClN8O. The maximum absolute atomic E-state index is 13.6. The van der Waals surface area contributed by atoms with Crippen LogP contribution in [0.2, 0.25) is 5.02 Å². The zero-order chi connectivity index (χ0) is 23.7. The molecule has 2 aliphatic rings. The molecule has 0 amide bonds. The number of halogens is 1. The van der Waals surface area contributed by atoms with Crippen LogP contribution in [0.3, 0.4) is 0 Å². The first kappa shape index (κ1) is 21.2. The minimum absolute atomic E-state index is 0.133. The Hall–Kier alpha value is -3.35. The number of hydrogen-bond acceptors (Lipinski definition) is 6. The van der Waals surface area contributed by atoms with Crippen molar-refractivity contribution in [3.05, 3.63) is 39.4 Å². The van der Waals surface area contributed by atoms with Crippen molar-refractivity contribution >= 4 is 39.5 Å². The summed E-state index contributed by atoms with van der Waals surface area (Å²) in [5, 5.41) is 15.7. The molecule has 2 atom stereocenters.